The van der Waals surface area contributed by atoms with E-state index in [1.807, 2.05) is 11.6 Å². The van der Waals surface area contributed by atoms with E-state index in [0.29, 0.717) is 6.54 Å². The van der Waals surface area contributed by atoms with Crippen LogP contribution in [-0.4, -0.2) is 36.4 Å². The van der Waals surface area contributed by atoms with Crippen LogP contribution < -0.4 is 5.32 Å². The quantitative estimate of drug-likeness (QED) is 0.902. The van der Waals surface area contributed by atoms with Crippen molar-refractivity contribution in [2.75, 3.05) is 19.4 Å². The van der Waals surface area contributed by atoms with Crippen LogP contribution in [0.3, 0.4) is 0 Å². The smallest absolute Gasteiger partial charge is 0.242 e. The molecule has 0 bridgehead atoms. The zero-order valence-electron chi connectivity index (χ0n) is 11.7. The molecular weight excluding hydrogens is 276 g/mol. The Labute approximate surface area is 119 Å². The molecule has 6 nitrogen and oxygen atoms in total. The summed E-state index contributed by atoms with van der Waals surface area (Å²) >= 11 is 0. The van der Waals surface area contributed by atoms with Crippen molar-refractivity contribution in [2.24, 2.45) is 7.05 Å². The number of nitrogens with zero attached hydrogens (tertiary/aromatic N) is 3. The molecular formula is C13H18N4O2S. The number of aromatic nitrogens is 2. The summed E-state index contributed by atoms with van der Waals surface area (Å²) in [6, 6.07) is 6.71. The first-order valence-corrected chi connectivity index (χ1v) is 7.57. The van der Waals surface area contributed by atoms with Crippen LogP contribution >= 0.6 is 0 Å². The van der Waals surface area contributed by atoms with E-state index in [-0.39, 0.29) is 4.90 Å². The molecule has 20 heavy (non-hydrogen) atoms. The second kappa shape index (κ2) is 5.64. The summed E-state index contributed by atoms with van der Waals surface area (Å²) in [4.78, 5) is 4.32. The molecule has 2 aromatic rings. The van der Waals surface area contributed by atoms with Gasteiger partial charge in [-0.2, -0.15) is 0 Å². The van der Waals surface area contributed by atoms with Gasteiger partial charge in [-0.05, 0) is 24.3 Å². The highest BCUT2D eigenvalue weighted by Crippen LogP contribution is 2.17. The maximum atomic E-state index is 11.9. The minimum atomic E-state index is -3.37. The number of sulfonamides is 1. The normalized spacial score (nSPS) is 11.8. The van der Waals surface area contributed by atoms with Gasteiger partial charge in [0.25, 0.3) is 0 Å². The number of aryl methyl sites for hydroxylation is 1. The number of rotatable bonds is 5. The lowest BCUT2D eigenvalue weighted by molar-refractivity contribution is 0.521. The van der Waals surface area contributed by atoms with Crippen molar-refractivity contribution in [1.82, 2.24) is 13.9 Å². The molecule has 0 fully saturated rings. The number of hydrogen-bond donors (Lipinski definition) is 1. The number of hydrogen-bond acceptors (Lipinski definition) is 4. The minimum Gasteiger partial charge on any atom is -0.379 e. The molecule has 1 aromatic heterocycles. The standard InChI is InChI=1S/C13H18N4O2S/c1-16(2)20(18,19)13-6-4-11(5-7-13)15-9-12-8-14-10-17(12)3/h4-8,10,15H,9H2,1-3H3. The van der Waals surface area contributed by atoms with Gasteiger partial charge in [0.1, 0.15) is 0 Å². The Hall–Kier alpha value is -1.86. The average Bonchev–Trinajstić information content (AvgIpc) is 2.82. The first-order chi connectivity index (χ1) is 9.41. The van der Waals surface area contributed by atoms with Gasteiger partial charge in [0.15, 0.2) is 0 Å². The predicted octanol–water partition coefficient (Wildman–Crippen LogP) is 1.28. The largest absolute Gasteiger partial charge is 0.379 e. The van der Waals surface area contributed by atoms with Gasteiger partial charge in [-0.15, -0.1) is 0 Å². The Morgan fingerprint density at radius 1 is 1.25 bits per heavy atom. The highest BCUT2D eigenvalue weighted by atomic mass is 32.2. The third-order valence-corrected chi connectivity index (χ3v) is 4.85. The molecule has 0 aliphatic heterocycles. The first kappa shape index (κ1) is 14.5. The molecule has 0 atom stereocenters. The van der Waals surface area contributed by atoms with Crippen LogP contribution in [0.15, 0.2) is 41.7 Å². The summed E-state index contributed by atoms with van der Waals surface area (Å²) in [6.45, 7) is 0.635. The summed E-state index contributed by atoms with van der Waals surface area (Å²) in [5.74, 6) is 0. The maximum absolute atomic E-state index is 11.9. The van der Waals surface area contributed by atoms with E-state index in [1.165, 1.54) is 18.4 Å². The monoisotopic (exact) mass is 294 g/mol. The minimum absolute atomic E-state index is 0.286. The Balaban J connectivity index is 2.08. The molecule has 0 saturated heterocycles. The highest BCUT2D eigenvalue weighted by Gasteiger charge is 2.16. The Kier molecular flexibility index (Phi) is 4.10. The van der Waals surface area contributed by atoms with E-state index in [9.17, 15) is 8.42 Å². The molecule has 1 aromatic carbocycles. The van der Waals surface area contributed by atoms with Gasteiger partial charge in [0.05, 0.1) is 23.5 Å². The summed E-state index contributed by atoms with van der Waals surface area (Å²) < 4.78 is 27.0. The SMILES string of the molecule is CN(C)S(=O)(=O)c1ccc(NCc2cncn2C)cc1. The second-order valence-corrected chi connectivity index (χ2v) is 6.81. The third kappa shape index (κ3) is 3.00. The lowest BCUT2D eigenvalue weighted by Crippen LogP contribution is -2.22. The number of nitrogens with one attached hydrogen (secondary N) is 1. The fraction of sp³-hybridized carbons (Fsp3) is 0.308. The molecule has 0 aliphatic rings. The lowest BCUT2D eigenvalue weighted by atomic mass is 10.3. The summed E-state index contributed by atoms with van der Waals surface area (Å²) in [7, 11) is 1.60. The van der Waals surface area contributed by atoms with Gasteiger partial charge >= 0.3 is 0 Å². The van der Waals surface area contributed by atoms with Gasteiger partial charge in [-0.25, -0.2) is 17.7 Å². The van der Waals surface area contributed by atoms with Crippen LogP contribution in [0.2, 0.25) is 0 Å². The Morgan fingerprint density at radius 3 is 2.40 bits per heavy atom. The average molecular weight is 294 g/mol. The number of anilines is 1. The molecule has 2 rings (SSSR count). The number of imidazole rings is 1. The van der Waals surface area contributed by atoms with Crippen molar-refractivity contribution in [3.63, 3.8) is 0 Å². The van der Waals surface area contributed by atoms with Crippen molar-refractivity contribution in [2.45, 2.75) is 11.4 Å². The molecule has 1 heterocycles. The van der Waals surface area contributed by atoms with E-state index in [0.717, 1.165) is 11.4 Å². The van der Waals surface area contributed by atoms with Gasteiger partial charge < -0.3 is 9.88 Å². The van der Waals surface area contributed by atoms with Gasteiger partial charge in [-0.1, -0.05) is 0 Å². The lowest BCUT2D eigenvalue weighted by Gasteiger charge is -2.12. The molecule has 1 N–H and O–H groups in total. The van der Waals surface area contributed by atoms with Crippen molar-refractivity contribution < 1.29 is 8.42 Å². The summed E-state index contributed by atoms with van der Waals surface area (Å²) in [5, 5.41) is 3.23. The van der Waals surface area contributed by atoms with E-state index < -0.39 is 10.0 Å². The van der Waals surface area contributed by atoms with E-state index in [2.05, 4.69) is 10.3 Å². The second-order valence-electron chi connectivity index (χ2n) is 4.66. The van der Waals surface area contributed by atoms with Crippen LogP contribution in [0, 0.1) is 0 Å². The first-order valence-electron chi connectivity index (χ1n) is 6.13. The Bertz CT molecular complexity index is 675. The zero-order chi connectivity index (χ0) is 14.8. The third-order valence-electron chi connectivity index (χ3n) is 3.02. The van der Waals surface area contributed by atoms with Crippen LogP contribution in [0.4, 0.5) is 5.69 Å². The zero-order valence-corrected chi connectivity index (χ0v) is 12.6. The van der Waals surface area contributed by atoms with Crippen LogP contribution in [0.5, 0.6) is 0 Å². The van der Waals surface area contributed by atoms with Crippen molar-refractivity contribution in [3.8, 4) is 0 Å². The van der Waals surface area contributed by atoms with E-state index in [1.54, 1.807) is 36.8 Å². The highest BCUT2D eigenvalue weighted by molar-refractivity contribution is 7.89. The number of benzene rings is 1. The molecule has 0 saturated carbocycles. The van der Waals surface area contributed by atoms with Crippen molar-refractivity contribution in [3.05, 3.63) is 42.5 Å². The van der Waals surface area contributed by atoms with E-state index >= 15 is 0 Å². The fourth-order valence-electron chi connectivity index (χ4n) is 1.70. The fourth-order valence-corrected chi connectivity index (χ4v) is 2.60. The van der Waals surface area contributed by atoms with Crippen LogP contribution in [0.1, 0.15) is 5.69 Å². The van der Waals surface area contributed by atoms with Crippen molar-refractivity contribution in [1.29, 1.82) is 0 Å². The molecule has 7 heteroatoms. The topological polar surface area (TPSA) is 67.2 Å². The molecule has 108 valence electrons. The molecule has 0 radical (unpaired) electrons. The van der Waals surface area contributed by atoms with Crippen LogP contribution in [-0.2, 0) is 23.6 Å². The van der Waals surface area contributed by atoms with E-state index in [4.69, 9.17) is 0 Å². The Morgan fingerprint density at radius 2 is 1.90 bits per heavy atom. The molecule has 0 spiro atoms. The van der Waals surface area contributed by atoms with Gasteiger partial charge in [0.2, 0.25) is 10.0 Å². The summed E-state index contributed by atoms with van der Waals surface area (Å²) in [5.41, 5.74) is 1.92. The van der Waals surface area contributed by atoms with Gasteiger partial charge in [-0.3, -0.25) is 0 Å². The molecule has 0 unspecified atom stereocenters. The molecule has 0 aliphatic carbocycles. The predicted molar refractivity (Wildman–Crippen MR) is 77.8 cm³/mol. The van der Waals surface area contributed by atoms with Gasteiger partial charge in [0, 0.05) is 33.0 Å². The maximum Gasteiger partial charge on any atom is 0.242 e. The molecule has 0 amide bonds. The van der Waals surface area contributed by atoms with Crippen molar-refractivity contribution >= 4 is 15.7 Å². The summed E-state index contributed by atoms with van der Waals surface area (Å²) in [6.07, 6.45) is 3.53. The van der Waals surface area contributed by atoms with Crippen LogP contribution in [0.25, 0.3) is 0 Å².